The van der Waals surface area contributed by atoms with Gasteiger partial charge in [-0.3, -0.25) is 9.69 Å². The van der Waals surface area contributed by atoms with Crippen LogP contribution < -0.4 is 5.32 Å². The molecule has 4 nitrogen and oxygen atoms in total. The molecular formula is C20H30N2O2. The van der Waals surface area contributed by atoms with Gasteiger partial charge in [-0.05, 0) is 24.8 Å². The molecular weight excluding hydrogens is 300 g/mol. The Morgan fingerprint density at radius 2 is 1.92 bits per heavy atom. The largest absolute Gasteiger partial charge is 0.375 e. The molecule has 2 aliphatic rings. The highest BCUT2D eigenvalue weighted by Crippen LogP contribution is 2.23. The van der Waals surface area contributed by atoms with Gasteiger partial charge in [0.2, 0.25) is 5.91 Å². The summed E-state index contributed by atoms with van der Waals surface area (Å²) >= 11 is 0. The Morgan fingerprint density at radius 3 is 2.71 bits per heavy atom. The first kappa shape index (κ1) is 17.4. The van der Waals surface area contributed by atoms with E-state index in [4.69, 9.17) is 4.74 Å². The lowest BCUT2D eigenvalue weighted by molar-refractivity contribution is -0.126. The molecule has 1 aromatic carbocycles. The van der Waals surface area contributed by atoms with Gasteiger partial charge >= 0.3 is 0 Å². The maximum atomic E-state index is 12.3. The molecule has 1 saturated carbocycles. The van der Waals surface area contributed by atoms with E-state index in [0.29, 0.717) is 6.54 Å². The number of nitrogens with zero attached hydrogens (tertiary/aromatic N) is 1. The monoisotopic (exact) mass is 330 g/mol. The summed E-state index contributed by atoms with van der Waals surface area (Å²) in [5, 5.41) is 3.14. The minimum absolute atomic E-state index is 0.101. The third-order valence-corrected chi connectivity index (χ3v) is 5.16. The lowest BCUT2D eigenvalue weighted by atomic mass is 9.88. The van der Waals surface area contributed by atoms with Crippen molar-refractivity contribution < 1.29 is 9.53 Å². The number of carbonyl (C=O) groups excluding carboxylic acids is 1. The zero-order chi connectivity index (χ0) is 16.6. The molecule has 24 heavy (non-hydrogen) atoms. The van der Waals surface area contributed by atoms with Crippen LogP contribution in [-0.4, -0.2) is 43.2 Å². The van der Waals surface area contributed by atoms with Gasteiger partial charge in [0, 0.05) is 38.7 Å². The topological polar surface area (TPSA) is 41.6 Å². The van der Waals surface area contributed by atoms with Crippen molar-refractivity contribution in [1.82, 2.24) is 10.2 Å². The summed E-state index contributed by atoms with van der Waals surface area (Å²) in [4.78, 5) is 14.8. The maximum absolute atomic E-state index is 12.3. The van der Waals surface area contributed by atoms with Gasteiger partial charge in [0.05, 0.1) is 6.10 Å². The Labute approximate surface area is 145 Å². The molecule has 0 unspecified atom stereocenters. The van der Waals surface area contributed by atoms with Crippen LogP contribution in [0.5, 0.6) is 0 Å². The van der Waals surface area contributed by atoms with Crippen molar-refractivity contribution in [2.75, 3.05) is 26.2 Å². The molecule has 1 aromatic rings. The Hall–Kier alpha value is -1.39. The van der Waals surface area contributed by atoms with E-state index < -0.39 is 0 Å². The van der Waals surface area contributed by atoms with E-state index in [-0.39, 0.29) is 17.9 Å². The Morgan fingerprint density at radius 1 is 1.12 bits per heavy atom. The maximum Gasteiger partial charge on any atom is 0.223 e. The van der Waals surface area contributed by atoms with Crippen molar-refractivity contribution in [3.63, 3.8) is 0 Å². The molecule has 0 spiro atoms. The average molecular weight is 330 g/mol. The highest BCUT2D eigenvalue weighted by atomic mass is 16.5. The number of nitrogens with one attached hydrogen (secondary N) is 1. The van der Waals surface area contributed by atoms with Gasteiger partial charge < -0.3 is 10.1 Å². The summed E-state index contributed by atoms with van der Waals surface area (Å²) in [7, 11) is 0. The highest BCUT2D eigenvalue weighted by Gasteiger charge is 2.23. The fourth-order valence-electron chi connectivity index (χ4n) is 3.80. The summed E-state index contributed by atoms with van der Waals surface area (Å²) < 4.78 is 5.95. The van der Waals surface area contributed by atoms with Crippen LogP contribution in [0.2, 0.25) is 0 Å². The van der Waals surface area contributed by atoms with Crippen molar-refractivity contribution >= 4 is 5.91 Å². The van der Waals surface area contributed by atoms with E-state index in [2.05, 4.69) is 40.5 Å². The fraction of sp³-hybridized carbons (Fsp3) is 0.650. The first-order valence-electron chi connectivity index (χ1n) is 9.47. The second kappa shape index (κ2) is 9.19. The van der Waals surface area contributed by atoms with E-state index >= 15 is 0 Å². The van der Waals surface area contributed by atoms with E-state index in [1.165, 1.54) is 24.8 Å². The smallest absolute Gasteiger partial charge is 0.223 e. The van der Waals surface area contributed by atoms with Gasteiger partial charge in [0.1, 0.15) is 0 Å². The van der Waals surface area contributed by atoms with Crippen molar-refractivity contribution in [2.24, 2.45) is 5.92 Å². The Kier molecular flexibility index (Phi) is 6.67. The summed E-state index contributed by atoms with van der Waals surface area (Å²) in [6.45, 7) is 4.33. The quantitative estimate of drug-likeness (QED) is 0.902. The van der Waals surface area contributed by atoms with E-state index in [9.17, 15) is 4.79 Å². The molecule has 132 valence electrons. The molecule has 1 aliphatic heterocycles. The van der Waals surface area contributed by atoms with Crippen molar-refractivity contribution in [2.45, 2.75) is 51.2 Å². The minimum atomic E-state index is 0.101. The van der Waals surface area contributed by atoms with Crippen LogP contribution in [0.1, 0.15) is 44.1 Å². The molecule has 2 fully saturated rings. The standard InChI is InChI=1S/C20H30N2O2/c23-20(18-10-5-2-6-11-18)21-14-19-16-22(12-7-13-24-19)15-17-8-3-1-4-9-17/h1,3-4,8-9,18-19H,2,5-7,10-16H2,(H,21,23)/t19-/m1/s1. The molecule has 1 saturated heterocycles. The number of ether oxygens (including phenoxy) is 1. The zero-order valence-electron chi connectivity index (χ0n) is 14.6. The Bertz CT molecular complexity index is 500. The molecule has 1 atom stereocenters. The van der Waals surface area contributed by atoms with Crippen LogP contribution in [0.4, 0.5) is 0 Å². The van der Waals surface area contributed by atoms with Crippen LogP contribution in [0.3, 0.4) is 0 Å². The molecule has 4 heteroatoms. The van der Waals surface area contributed by atoms with Gasteiger partial charge in [-0.25, -0.2) is 0 Å². The molecule has 0 aromatic heterocycles. The van der Waals surface area contributed by atoms with Crippen LogP contribution in [0.15, 0.2) is 30.3 Å². The summed E-state index contributed by atoms with van der Waals surface area (Å²) in [5.41, 5.74) is 1.34. The number of benzene rings is 1. The summed E-state index contributed by atoms with van der Waals surface area (Å²) in [6.07, 6.45) is 6.94. The molecule has 0 bridgehead atoms. The van der Waals surface area contributed by atoms with Gasteiger partial charge in [0.25, 0.3) is 0 Å². The van der Waals surface area contributed by atoms with Crippen molar-refractivity contribution in [1.29, 1.82) is 0 Å². The first-order valence-corrected chi connectivity index (χ1v) is 9.47. The van der Waals surface area contributed by atoms with Gasteiger partial charge in [0.15, 0.2) is 0 Å². The predicted octanol–water partition coefficient (Wildman–Crippen LogP) is 2.97. The van der Waals surface area contributed by atoms with E-state index in [0.717, 1.165) is 45.5 Å². The third-order valence-electron chi connectivity index (χ3n) is 5.16. The Balaban J connectivity index is 1.46. The van der Waals surface area contributed by atoms with Gasteiger partial charge in [-0.2, -0.15) is 0 Å². The van der Waals surface area contributed by atoms with E-state index in [1.807, 2.05) is 0 Å². The molecule has 3 rings (SSSR count). The van der Waals surface area contributed by atoms with Crippen molar-refractivity contribution in [3.05, 3.63) is 35.9 Å². The van der Waals surface area contributed by atoms with Crippen LogP contribution in [-0.2, 0) is 16.1 Å². The number of amides is 1. The van der Waals surface area contributed by atoms with Crippen LogP contribution in [0, 0.1) is 5.92 Å². The SMILES string of the molecule is O=C(NC[C@@H]1CN(Cc2ccccc2)CCCO1)C1CCCCC1. The molecule has 1 amide bonds. The molecule has 1 N–H and O–H groups in total. The van der Waals surface area contributed by atoms with Crippen molar-refractivity contribution in [3.8, 4) is 0 Å². The molecule has 1 aliphatic carbocycles. The molecule has 0 radical (unpaired) electrons. The minimum Gasteiger partial charge on any atom is -0.375 e. The second-order valence-corrected chi connectivity index (χ2v) is 7.15. The summed E-state index contributed by atoms with van der Waals surface area (Å²) in [6, 6.07) is 10.6. The fourth-order valence-corrected chi connectivity index (χ4v) is 3.80. The van der Waals surface area contributed by atoms with E-state index in [1.54, 1.807) is 0 Å². The lowest BCUT2D eigenvalue weighted by Crippen LogP contribution is -2.42. The normalized spacial score (nSPS) is 23.6. The number of hydrogen-bond donors (Lipinski definition) is 1. The van der Waals surface area contributed by atoms with Crippen LogP contribution in [0.25, 0.3) is 0 Å². The van der Waals surface area contributed by atoms with Gasteiger partial charge in [-0.15, -0.1) is 0 Å². The summed E-state index contributed by atoms with van der Waals surface area (Å²) in [5.74, 6) is 0.460. The van der Waals surface area contributed by atoms with Gasteiger partial charge in [-0.1, -0.05) is 49.6 Å². The zero-order valence-corrected chi connectivity index (χ0v) is 14.6. The first-order chi connectivity index (χ1) is 11.8. The number of carbonyl (C=O) groups is 1. The highest BCUT2D eigenvalue weighted by molar-refractivity contribution is 5.78. The third kappa shape index (κ3) is 5.32. The number of hydrogen-bond acceptors (Lipinski definition) is 3. The number of rotatable bonds is 5. The predicted molar refractivity (Wildman–Crippen MR) is 95.7 cm³/mol. The lowest BCUT2D eigenvalue weighted by Gasteiger charge is -2.25. The average Bonchev–Trinajstić information content (AvgIpc) is 2.86. The second-order valence-electron chi connectivity index (χ2n) is 7.15. The molecule has 1 heterocycles. The van der Waals surface area contributed by atoms with Crippen LogP contribution >= 0.6 is 0 Å².